The lowest BCUT2D eigenvalue weighted by molar-refractivity contribution is 0.415. The Hall–Kier alpha value is -4.14. The minimum Gasteiger partial charge on any atom is -0.497 e. The Morgan fingerprint density at radius 1 is 1.03 bits per heavy atom. The summed E-state index contributed by atoms with van der Waals surface area (Å²) in [5.41, 5.74) is 2.77. The minimum atomic E-state index is -0.498. The minimum absolute atomic E-state index is 0.366. The molecule has 9 heteroatoms. The van der Waals surface area contributed by atoms with Gasteiger partial charge in [0, 0.05) is 12.6 Å². The van der Waals surface area contributed by atoms with E-state index in [0.29, 0.717) is 29.3 Å². The summed E-state index contributed by atoms with van der Waals surface area (Å²) in [5, 5.41) is 8.77. The summed E-state index contributed by atoms with van der Waals surface area (Å²) in [6.45, 7) is 2.44. The SMILES string of the molecule is COc1ccc(-c2nnc3n(Cc4ccccc4C)c4c(=O)[nH]c(=O)n(C)c4n23)cc1. The Bertz CT molecular complexity index is 1550. The van der Waals surface area contributed by atoms with E-state index in [1.165, 1.54) is 4.57 Å². The van der Waals surface area contributed by atoms with Crippen molar-refractivity contribution >= 4 is 16.9 Å². The normalized spacial score (nSPS) is 11.5. The third-order valence-corrected chi connectivity index (χ3v) is 5.58. The second-order valence-electron chi connectivity index (χ2n) is 7.39. The number of hydrogen-bond acceptors (Lipinski definition) is 5. The van der Waals surface area contributed by atoms with Crippen molar-refractivity contribution in [2.45, 2.75) is 13.5 Å². The summed E-state index contributed by atoms with van der Waals surface area (Å²) in [6, 6.07) is 15.3. The van der Waals surface area contributed by atoms with E-state index in [0.717, 1.165) is 22.4 Å². The molecule has 156 valence electrons. The van der Waals surface area contributed by atoms with Gasteiger partial charge in [0.25, 0.3) is 5.56 Å². The topological polar surface area (TPSA) is 99.2 Å². The summed E-state index contributed by atoms with van der Waals surface area (Å²) < 4.78 is 10.2. The molecule has 0 spiro atoms. The maximum absolute atomic E-state index is 12.9. The van der Waals surface area contributed by atoms with Crippen LogP contribution in [0.1, 0.15) is 11.1 Å². The molecule has 0 fully saturated rings. The zero-order valence-corrected chi connectivity index (χ0v) is 17.3. The summed E-state index contributed by atoms with van der Waals surface area (Å²) >= 11 is 0. The molecule has 5 aromatic rings. The van der Waals surface area contributed by atoms with E-state index in [1.807, 2.05) is 55.5 Å². The van der Waals surface area contributed by atoms with Crippen LogP contribution in [0.4, 0.5) is 0 Å². The molecule has 0 saturated heterocycles. The summed E-state index contributed by atoms with van der Waals surface area (Å²) in [4.78, 5) is 27.7. The van der Waals surface area contributed by atoms with E-state index in [2.05, 4.69) is 15.2 Å². The van der Waals surface area contributed by atoms with Gasteiger partial charge in [-0.25, -0.2) is 9.20 Å². The lowest BCUT2D eigenvalue weighted by Crippen LogP contribution is -2.29. The fourth-order valence-electron chi connectivity index (χ4n) is 3.88. The molecule has 0 aliphatic rings. The van der Waals surface area contributed by atoms with Gasteiger partial charge in [0.2, 0.25) is 5.78 Å². The molecule has 0 aliphatic heterocycles. The highest BCUT2D eigenvalue weighted by molar-refractivity contribution is 5.80. The maximum Gasteiger partial charge on any atom is 0.329 e. The van der Waals surface area contributed by atoms with Gasteiger partial charge in [-0.15, -0.1) is 10.2 Å². The van der Waals surface area contributed by atoms with Crippen LogP contribution in [0.25, 0.3) is 28.3 Å². The second kappa shape index (κ2) is 6.98. The quantitative estimate of drug-likeness (QED) is 0.484. The van der Waals surface area contributed by atoms with Crippen LogP contribution in [0, 0.1) is 6.92 Å². The fraction of sp³-hybridized carbons (Fsp3) is 0.182. The van der Waals surface area contributed by atoms with Crippen LogP contribution >= 0.6 is 0 Å². The Labute approximate surface area is 176 Å². The van der Waals surface area contributed by atoms with Crippen LogP contribution in [0.3, 0.4) is 0 Å². The predicted octanol–water partition coefficient (Wildman–Crippen LogP) is 2.10. The van der Waals surface area contributed by atoms with E-state index in [1.54, 1.807) is 23.1 Å². The molecule has 0 radical (unpaired) electrons. The highest BCUT2D eigenvalue weighted by atomic mass is 16.5. The highest BCUT2D eigenvalue weighted by Gasteiger charge is 2.23. The van der Waals surface area contributed by atoms with Crippen molar-refractivity contribution in [3.63, 3.8) is 0 Å². The lowest BCUT2D eigenvalue weighted by Gasteiger charge is -2.07. The molecule has 0 unspecified atom stereocenters. The van der Waals surface area contributed by atoms with Crippen LogP contribution in [-0.4, -0.2) is 35.8 Å². The van der Waals surface area contributed by atoms with Gasteiger partial charge in [-0.2, -0.15) is 0 Å². The van der Waals surface area contributed by atoms with Gasteiger partial charge in [-0.05, 0) is 42.3 Å². The van der Waals surface area contributed by atoms with Crippen molar-refractivity contribution in [1.29, 1.82) is 0 Å². The number of fused-ring (bicyclic) bond motifs is 3. The Kier molecular flexibility index (Phi) is 4.25. The van der Waals surface area contributed by atoms with E-state index in [9.17, 15) is 9.59 Å². The molecule has 9 nitrogen and oxygen atoms in total. The maximum atomic E-state index is 12.9. The Morgan fingerprint density at radius 2 is 1.77 bits per heavy atom. The standard InChI is InChI=1S/C22H20N6O3/c1-13-6-4-5-7-15(13)12-27-17-19(29)23-22(30)26(2)20(17)28-18(24-25-21(27)28)14-8-10-16(31-3)11-9-14/h4-11H,12H2,1-3H3,(H,23,29,30). The number of rotatable bonds is 4. The monoisotopic (exact) mass is 416 g/mol. The molecule has 0 saturated carbocycles. The number of aromatic nitrogens is 6. The van der Waals surface area contributed by atoms with Gasteiger partial charge in [-0.1, -0.05) is 24.3 Å². The molecule has 0 atom stereocenters. The number of aromatic amines is 1. The molecule has 1 N–H and O–H groups in total. The van der Waals surface area contributed by atoms with Crippen molar-refractivity contribution in [3.05, 3.63) is 80.5 Å². The number of methoxy groups -OCH3 is 1. The van der Waals surface area contributed by atoms with E-state index in [-0.39, 0.29) is 0 Å². The van der Waals surface area contributed by atoms with Crippen LogP contribution in [0.15, 0.2) is 58.1 Å². The average molecular weight is 416 g/mol. The third-order valence-electron chi connectivity index (χ3n) is 5.58. The highest BCUT2D eigenvalue weighted by Crippen LogP contribution is 2.26. The largest absolute Gasteiger partial charge is 0.497 e. The Balaban J connectivity index is 1.86. The first kappa shape index (κ1) is 18.9. The molecule has 31 heavy (non-hydrogen) atoms. The van der Waals surface area contributed by atoms with Gasteiger partial charge < -0.3 is 4.74 Å². The van der Waals surface area contributed by atoms with Crippen molar-refractivity contribution in [3.8, 4) is 17.1 Å². The summed E-state index contributed by atoms with van der Waals surface area (Å²) in [7, 11) is 3.22. The Morgan fingerprint density at radius 3 is 2.48 bits per heavy atom. The summed E-state index contributed by atoms with van der Waals surface area (Å²) in [5.74, 6) is 1.73. The van der Waals surface area contributed by atoms with E-state index in [4.69, 9.17) is 4.74 Å². The lowest BCUT2D eigenvalue weighted by atomic mass is 10.1. The van der Waals surface area contributed by atoms with Crippen molar-refractivity contribution in [2.75, 3.05) is 7.11 Å². The van der Waals surface area contributed by atoms with Crippen LogP contribution < -0.4 is 16.0 Å². The molecule has 0 bridgehead atoms. The molecule has 2 aromatic carbocycles. The predicted molar refractivity (Wildman–Crippen MR) is 117 cm³/mol. The molecule has 5 rings (SSSR count). The zero-order valence-electron chi connectivity index (χ0n) is 17.3. The van der Waals surface area contributed by atoms with Crippen molar-refractivity contribution in [2.24, 2.45) is 7.05 Å². The van der Waals surface area contributed by atoms with E-state index >= 15 is 0 Å². The van der Waals surface area contributed by atoms with Crippen molar-refractivity contribution < 1.29 is 4.74 Å². The molecule has 0 amide bonds. The van der Waals surface area contributed by atoms with Gasteiger partial charge in [-0.3, -0.25) is 18.9 Å². The third kappa shape index (κ3) is 2.85. The smallest absolute Gasteiger partial charge is 0.329 e. The van der Waals surface area contributed by atoms with Gasteiger partial charge in [0.05, 0.1) is 13.7 Å². The van der Waals surface area contributed by atoms with Crippen LogP contribution in [-0.2, 0) is 13.6 Å². The zero-order chi connectivity index (χ0) is 21.7. The number of hydrogen-bond donors (Lipinski definition) is 1. The number of ether oxygens (including phenoxy) is 1. The van der Waals surface area contributed by atoms with Gasteiger partial charge in [0.1, 0.15) is 5.75 Å². The van der Waals surface area contributed by atoms with E-state index < -0.39 is 11.2 Å². The first-order valence-corrected chi connectivity index (χ1v) is 9.75. The molecule has 0 aliphatic carbocycles. The number of imidazole rings is 1. The second-order valence-corrected chi connectivity index (χ2v) is 7.39. The molecule has 3 aromatic heterocycles. The number of benzene rings is 2. The average Bonchev–Trinajstić information content (AvgIpc) is 3.33. The number of aryl methyl sites for hydroxylation is 2. The first-order valence-electron chi connectivity index (χ1n) is 9.75. The van der Waals surface area contributed by atoms with Gasteiger partial charge >= 0.3 is 5.69 Å². The molecular formula is C22H20N6O3. The summed E-state index contributed by atoms with van der Waals surface area (Å²) in [6.07, 6.45) is 0. The number of nitrogens with one attached hydrogen (secondary N) is 1. The fourth-order valence-corrected chi connectivity index (χ4v) is 3.88. The first-order chi connectivity index (χ1) is 15.0. The number of nitrogens with zero attached hydrogens (tertiary/aromatic N) is 5. The molecular weight excluding hydrogens is 396 g/mol. The van der Waals surface area contributed by atoms with Crippen LogP contribution in [0.2, 0.25) is 0 Å². The van der Waals surface area contributed by atoms with Crippen molar-refractivity contribution in [1.82, 2.24) is 28.7 Å². The number of H-pyrrole nitrogens is 1. The van der Waals surface area contributed by atoms with Gasteiger partial charge in [0.15, 0.2) is 17.0 Å². The van der Waals surface area contributed by atoms with Crippen LogP contribution in [0.5, 0.6) is 5.75 Å². The molecule has 3 heterocycles.